The molecule has 0 aromatic rings. The van der Waals surface area contributed by atoms with Crippen LogP contribution in [0.25, 0.3) is 0 Å². The van der Waals surface area contributed by atoms with Gasteiger partial charge in [0, 0.05) is 12.8 Å². The monoisotopic (exact) mass is 735 g/mol. The molecule has 0 heterocycles. The van der Waals surface area contributed by atoms with Gasteiger partial charge in [0.05, 0.1) is 13.2 Å². The molecule has 302 valence electrons. The number of carboxylic acid groups (broad SMARTS) is 1. The molecule has 0 aliphatic carbocycles. The highest BCUT2D eigenvalue weighted by atomic mass is 16.5. The van der Waals surface area contributed by atoms with Gasteiger partial charge in [-0.25, -0.2) is 4.79 Å². The van der Waals surface area contributed by atoms with E-state index in [-0.39, 0.29) is 30.9 Å². The fourth-order valence-corrected chi connectivity index (χ4v) is 6.09. The van der Waals surface area contributed by atoms with E-state index in [0.717, 1.165) is 51.4 Å². The highest BCUT2D eigenvalue weighted by Crippen LogP contribution is 2.16. The maximum Gasteiger partial charge on any atom is 0.328 e. The Hall–Kier alpha value is -2.68. The number of carbonyl (C=O) groups excluding carboxylic acids is 3. The first-order chi connectivity index (χ1) is 25.3. The summed E-state index contributed by atoms with van der Waals surface area (Å²) in [7, 11) is 0. The van der Waals surface area contributed by atoms with Crippen LogP contribution >= 0.6 is 0 Å². The summed E-state index contributed by atoms with van der Waals surface area (Å²) in [5, 5.41) is 22.5. The van der Waals surface area contributed by atoms with Gasteiger partial charge in [0.25, 0.3) is 0 Å². The number of carbonyl (C=O) groups is 4. The minimum absolute atomic E-state index is 0.115. The Morgan fingerprint density at radius 2 is 1.04 bits per heavy atom. The van der Waals surface area contributed by atoms with Gasteiger partial charge in [0.15, 0.2) is 0 Å². The lowest BCUT2D eigenvalue weighted by atomic mass is 10.1. The van der Waals surface area contributed by atoms with Gasteiger partial charge in [-0.15, -0.1) is 0 Å². The van der Waals surface area contributed by atoms with Crippen LogP contribution in [0.15, 0.2) is 24.3 Å². The minimum Gasteiger partial charge on any atom is -0.480 e. The predicted octanol–water partition coefficient (Wildman–Crippen LogP) is 10.0. The maximum absolute atomic E-state index is 12.7. The number of rotatable bonds is 38. The lowest BCUT2D eigenvalue weighted by Crippen LogP contribution is -2.47. The van der Waals surface area contributed by atoms with Crippen molar-refractivity contribution in [1.82, 2.24) is 10.6 Å². The third-order valence-corrected chi connectivity index (χ3v) is 9.41. The number of aliphatic hydroxyl groups is 1. The predicted molar refractivity (Wildman–Crippen MR) is 213 cm³/mol. The number of allylic oxidation sites excluding steroid dienone is 3. The van der Waals surface area contributed by atoms with Crippen LogP contribution in [-0.2, 0) is 23.9 Å². The molecule has 0 fully saturated rings. The minimum atomic E-state index is -1.39. The molecule has 0 aliphatic heterocycles. The van der Waals surface area contributed by atoms with Gasteiger partial charge in [-0.1, -0.05) is 141 Å². The number of carboxylic acids is 1. The molecule has 0 saturated carbocycles. The second-order valence-corrected chi connectivity index (χ2v) is 14.4. The molecule has 4 N–H and O–H groups in total. The van der Waals surface area contributed by atoms with Crippen molar-refractivity contribution in [1.29, 1.82) is 0 Å². The van der Waals surface area contributed by atoms with E-state index < -0.39 is 24.5 Å². The topological polar surface area (TPSA) is 142 Å². The maximum atomic E-state index is 12.7. The summed E-state index contributed by atoms with van der Waals surface area (Å²) >= 11 is 0. The molecule has 0 bridgehead atoms. The fraction of sp³-hybridized carbons (Fsp3) is 0.814. The summed E-state index contributed by atoms with van der Waals surface area (Å²) in [6.45, 7) is 3.44. The Morgan fingerprint density at radius 3 is 1.56 bits per heavy atom. The van der Waals surface area contributed by atoms with Crippen molar-refractivity contribution >= 4 is 23.8 Å². The van der Waals surface area contributed by atoms with Crippen LogP contribution in [0.2, 0.25) is 0 Å². The summed E-state index contributed by atoms with van der Waals surface area (Å²) in [5.41, 5.74) is 0. The van der Waals surface area contributed by atoms with E-state index >= 15 is 0 Å². The first-order valence-corrected chi connectivity index (χ1v) is 21.2. The molecule has 2 amide bonds. The standard InChI is InChI=1S/C43H78N2O7/c1-3-5-7-9-11-13-14-15-16-17-18-19-20-21-23-25-31-35-42(49)52-38(32-28-24-22-12-10-8-6-4-2)33-29-26-27-30-34-40(47)44-36-41(48)45-39(37-46)43(50)51/h15-16,28,32,38-39,46H,3-14,17-27,29-31,33-37H2,1-2H3,(H,44,47)(H,45,48)(H,50,51)/b16-15-,32-28-. The van der Waals surface area contributed by atoms with E-state index in [1.807, 2.05) is 0 Å². The van der Waals surface area contributed by atoms with E-state index in [2.05, 4.69) is 48.8 Å². The molecular formula is C43H78N2O7. The Kier molecular flexibility index (Phi) is 36.1. The second kappa shape index (κ2) is 38.1. The summed E-state index contributed by atoms with van der Waals surface area (Å²) in [6.07, 6.45) is 40.8. The lowest BCUT2D eigenvalue weighted by molar-refractivity contribution is -0.147. The van der Waals surface area contributed by atoms with Gasteiger partial charge in [-0.3, -0.25) is 14.4 Å². The number of hydrogen-bond acceptors (Lipinski definition) is 6. The second-order valence-electron chi connectivity index (χ2n) is 14.4. The van der Waals surface area contributed by atoms with E-state index in [0.29, 0.717) is 12.8 Å². The lowest BCUT2D eigenvalue weighted by Gasteiger charge is -2.15. The largest absolute Gasteiger partial charge is 0.480 e. The SMILES string of the molecule is CCCCCCCC/C=C\CCCCCCCCCC(=O)OC(/C=C\CCCCCCCC)CCCCCCC(=O)NCC(=O)NC(CO)C(=O)O. The van der Waals surface area contributed by atoms with E-state index in [1.54, 1.807) is 0 Å². The number of nitrogens with one attached hydrogen (secondary N) is 2. The average molecular weight is 735 g/mol. The molecule has 2 unspecified atom stereocenters. The molecule has 0 rings (SSSR count). The molecule has 0 saturated heterocycles. The first-order valence-electron chi connectivity index (χ1n) is 21.2. The fourth-order valence-electron chi connectivity index (χ4n) is 6.09. The van der Waals surface area contributed by atoms with Crippen LogP contribution in [-0.4, -0.2) is 59.3 Å². The number of amides is 2. The van der Waals surface area contributed by atoms with Crippen LogP contribution in [0.3, 0.4) is 0 Å². The highest BCUT2D eigenvalue weighted by Gasteiger charge is 2.18. The Balaban J connectivity index is 4.24. The van der Waals surface area contributed by atoms with Crippen LogP contribution in [0.1, 0.15) is 200 Å². The number of ether oxygens (including phenoxy) is 1. The van der Waals surface area contributed by atoms with Crippen molar-refractivity contribution in [2.24, 2.45) is 0 Å². The van der Waals surface area contributed by atoms with Crippen molar-refractivity contribution in [2.75, 3.05) is 13.2 Å². The molecule has 0 aliphatic rings. The molecule has 0 aromatic heterocycles. The third kappa shape index (κ3) is 34.4. The first kappa shape index (κ1) is 49.3. The van der Waals surface area contributed by atoms with Crippen LogP contribution in [0.4, 0.5) is 0 Å². The van der Waals surface area contributed by atoms with Crippen LogP contribution in [0.5, 0.6) is 0 Å². The van der Waals surface area contributed by atoms with E-state index in [1.165, 1.54) is 116 Å². The Bertz CT molecular complexity index is 936. The Labute approximate surface area is 317 Å². The average Bonchev–Trinajstić information content (AvgIpc) is 3.13. The number of aliphatic carboxylic acids is 1. The van der Waals surface area contributed by atoms with Crippen molar-refractivity contribution in [3.05, 3.63) is 24.3 Å². The number of unbranched alkanes of at least 4 members (excludes halogenated alkanes) is 22. The smallest absolute Gasteiger partial charge is 0.328 e. The third-order valence-electron chi connectivity index (χ3n) is 9.41. The van der Waals surface area contributed by atoms with Crippen LogP contribution < -0.4 is 10.6 Å². The zero-order valence-electron chi connectivity index (χ0n) is 33.3. The molecule has 9 nitrogen and oxygen atoms in total. The van der Waals surface area contributed by atoms with E-state index in [9.17, 15) is 19.2 Å². The number of aliphatic hydroxyl groups excluding tert-OH is 1. The normalized spacial score (nSPS) is 12.7. The quantitative estimate of drug-likeness (QED) is 0.0281. The van der Waals surface area contributed by atoms with E-state index in [4.69, 9.17) is 14.9 Å². The van der Waals surface area contributed by atoms with Gasteiger partial charge < -0.3 is 25.6 Å². The van der Waals surface area contributed by atoms with Gasteiger partial charge in [-0.05, 0) is 70.3 Å². The van der Waals surface area contributed by atoms with Gasteiger partial charge in [-0.2, -0.15) is 0 Å². The summed E-state index contributed by atoms with van der Waals surface area (Å²) < 4.78 is 5.90. The van der Waals surface area contributed by atoms with Crippen molar-refractivity contribution in [3.63, 3.8) is 0 Å². The molecule has 2 atom stereocenters. The van der Waals surface area contributed by atoms with Gasteiger partial charge in [0.2, 0.25) is 11.8 Å². The molecule has 0 aromatic carbocycles. The summed E-state index contributed by atoms with van der Waals surface area (Å²) in [4.78, 5) is 47.5. The molecule has 9 heteroatoms. The molecule has 0 spiro atoms. The zero-order chi connectivity index (χ0) is 38.3. The van der Waals surface area contributed by atoms with Crippen molar-refractivity contribution in [2.45, 2.75) is 212 Å². The van der Waals surface area contributed by atoms with Crippen molar-refractivity contribution in [3.8, 4) is 0 Å². The van der Waals surface area contributed by atoms with Gasteiger partial charge >= 0.3 is 11.9 Å². The molecular weight excluding hydrogens is 656 g/mol. The zero-order valence-corrected chi connectivity index (χ0v) is 33.3. The van der Waals surface area contributed by atoms with Crippen LogP contribution in [0, 0.1) is 0 Å². The molecule has 0 radical (unpaired) electrons. The highest BCUT2D eigenvalue weighted by molar-refractivity contribution is 5.87. The number of esters is 1. The number of hydrogen-bond donors (Lipinski definition) is 4. The Morgan fingerprint density at radius 1 is 0.577 bits per heavy atom. The van der Waals surface area contributed by atoms with Crippen molar-refractivity contribution < 1.29 is 34.1 Å². The van der Waals surface area contributed by atoms with Gasteiger partial charge in [0.1, 0.15) is 12.1 Å². The molecule has 52 heavy (non-hydrogen) atoms. The summed E-state index contributed by atoms with van der Waals surface area (Å²) in [6, 6.07) is -1.39. The summed E-state index contributed by atoms with van der Waals surface area (Å²) in [5.74, 6) is -2.40.